The van der Waals surface area contributed by atoms with Gasteiger partial charge >= 0.3 is 5.97 Å². The van der Waals surface area contributed by atoms with E-state index in [4.69, 9.17) is 0 Å². The first-order valence-corrected chi connectivity index (χ1v) is 8.37. The molecule has 0 bridgehead atoms. The van der Waals surface area contributed by atoms with Gasteiger partial charge in [-0.05, 0) is 40.5 Å². The van der Waals surface area contributed by atoms with Crippen LogP contribution >= 0.6 is 0 Å². The minimum Gasteiger partial charge on any atom is -0.871 e. The monoisotopic (exact) mass is 333 g/mol. The summed E-state index contributed by atoms with van der Waals surface area (Å²) in [6, 6.07) is 12.6. The molecule has 1 aliphatic carbocycles. The van der Waals surface area contributed by atoms with Gasteiger partial charge in [0.25, 0.3) is 0 Å². The van der Waals surface area contributed by atoms with Crippen molar-refractivity contribution in [3.05, 3.63) is 77.9 Å². The number of aromatic carboxylic acids is 1. The summed E-state index contributed by atoms with van der Waals surface area (Å²) in [6.07, 6.45) is 9.06. The summed E-state index contributed by atoms with van der Waals surface area (Å²) in [5.41, 5.74) is 1.89. The highest BCUT2D eigenvalue weighted by Gasteiger charge is 2.27. The molecule has 25 heavy (non-hydrogen) atoms. The van der Waals surface area contributed by atoms with Gasteiger partial charge < -0.3 is 10.2 Å². The second-order valence-electron chi connectivity index (χ2n) is 7.07. The average molecular weight is 333 g/mol. The van der Waals surface area contributed by atoms with Crippen molar-refractivity contribution in [1.29, 1.82) is 0 Å². The molecule has 1 unspecified atom stereocenters. The number of carbonyl (C=O) groups is 1. The third kappa shape index (κ3) is 3.50. The molecular formula is C22H21O3-. The van der Waals surface area contributed by atoms with E-state index < -0.39 is 11.7 Å². The van der Waals surface area contributed by atoms with Gasteiger partial charge in [-0.2, -0.15) is 0 Å². The van der Waals surface area contributed by atoms with Gasteiger partial charge in [0.05, 0.1) is 5.56 Å². The van der Waals surface area contributed by atoms with Crippen LogP contribution in [0, 0.1) is 11.3 Å². The van der Waals surface area contributed by atoms with E-state index in [-0.39, 0.29) is 16.9 Å². The largest absolute Gasteiger partial charge is 0.871 e. The van der Waals surface area contributed by atoms with Crippen molar-refractivity contribution in [3.8, 4) is 16.9 Å². The highest BCUT2D eigenvalue weighted by Crippen LogP contribution is 2.37. The van der Waals surface area contributed by atoms with Crippen molar-refractivity contribution in [2.75, 3.05) is 0 Å². The lowest BCUT2D eigenvalue weighted by molar-refractivity contribution is -0.267. The molecule has 0 aromatic heterocycles. The highest BCUT2D eigenvalue weighted by atomic mass is 16.4. The molecule has 0 heterocycles. The molecule has 0 saturated carbocycles. The Bertz CT molecular complexity index is 845. The maximum atomic E-state index is 12.6. The van der Waals surface area contributed by atoms with Crippen LogP contribution in [-0.4, -0.2) is 11.1 Å². The normalized spacial score (nSPS) is 18.2. The number of carboxylic acids is 1. The Morgan fingerprint density at radius 2 is 1.88 bits per heavy atom. The van der Waals surface area contributed by atoms with Gasteiger partial charge in [-0.3, -0.25) is 0 Å². The molecule has 3 rings (SSSR count). The van der Waals surface area contributed by atoms with Gasteiger partial charge in [-0.1, -0.05) is 80.3 Å². The first-order chi connectivity index (χ1) is 11.9. The van der Waals surface area contributed by atoms with Crippen LogP contribution in [0.1, 0.15) is 29.8 Å². The zero-order valence-corrected chi connectivity index (χ0v) is 14.4. The summed E-state index contributed by atoms with van der Waals surface area (Å²) >= 11 is 0. The van der Waals surface area contributed by atoms with Gasteiger partial charge in [0.1, 0.15) is 0 Å². The maximum Gasteiger partial charge on any atom is 0.335 e. The quantitative estimate of drug-likeness (QED) is 0.900. The zero-order valence-electron chi connectivity index (χ0n) is 14.4. The summed E-state index contributed by atoms with van der Waals surface area (Å²) in [6.45, 7) is 4.33. The Kier molecular flexibility index (Phi) is 4.49. The second-order valence-corrected chi connectivity index (χ2v) is 7.07. The molecule has 2 aromatic carbocycles. The fraction of sp³-hybridized carbons (Fsp3) is 0.227. The number of hydrogen-bond acceptors (Lipinski definition) is 2. The smallest absolute Gasteiger partial charge is 0.335 e. The summed E-state index contributed by atoms with van der Waals surface area (Å²) in [5.74, 6) is -1.36. The molecule has 0 radical (unpaired) electrons. The van der Waals surface area contributed by atoms with Crippen molar-refractivity contribution in [2.24, 2.45) is 11.3 Å². The van der Waals surface area contributed by atoms with Crippen LogP contribution in [0.5, 0.6) is 5.75 Å². The van der Waals surface area contributed by atoms with Gasteiger partial charge in [-0.15, -0.1) is 0 Å². The molecule has 1 aliphatic rings. The Balaban J connectivity index is 2.06. The third-order valence-corrected chi connectivity index (χ3v) is 4.86. The Morgan fingerprint density at radius 3 is 2.52 bits per heavy atom. The summed E-state index contributed by atoms with van der Waals surface area (Å²) in [5, 5.41) is 22.0. The molecule has 0 saturated heterocycles. The Morgan fingerprint density at radius 1 is 1.16 bits per heavy atom. The summed E-state index contributed by atoms with van der Waals surface area (Å²) in [7, 11) is 0. The SMILES string of the molecule is CC1(C)C=CC=CC1Cc1cc(C(=O)O)c([O-])c(-c2ccccc2)c1. The lowest BCUT2D eigenvalue weighted by Gasteiger charge is -2.32. The van der Waals surface area contributed by atoms with E-state index in [9.17, 15) is 15.0 Å². The highest BCUT2D eigenvalue weighted by molar-refractivity contribution is 5.94. The van der Waals surface area contributed by atoms with Gasteiger partial charge in [-0.25, -0.2) is 4.79 Å². The Hall–Kier alpha value is -2.81. The number of allylic oxidation sites excluding steroid dienone is 4. The van der Waals surface area contributed by atoms with Crippen molar-refractivity contribution >= 4 is 5.97 Å². The fourth-order valence-electron chi connectivity index (χ4n) is 3.26. The fourth-order valence-corrected chi connectivity index (χ4v) is 3.26. The minimum absolute atomic E-state index is 0.0127. The average Bonchev–Trinajstić information content (AvgIpc) is 2.58. The van der Waals surface area contributed by atoms with Crippen molar-refractivity contribution < 1.29 is 15.0 Å². The number of carboxylic acid groups (broad SMARTS) is 1. The van der Waals surface area contributed by atoms with Crippen LogP contribution in [0.3, 0.4) is 0 Å². The van der Waals surface area contributed by atoms with Gasteiger partial charge in [0, 0.05) is 0 Å². The summed E-state index contributed by atoms with van der Waals surface area (Å²) in [4.78, 5) is 11.6. The molecule has 3 nitrogen and oxygen atoms in total. The van der Waals surface area contributed by atoms with E-state index in [2.05, 4.69) is 26.0 Å². The van der Waals surface area contributed by atoms with Crippen molar-refractivity contribution in [2.45, 2.75) is 20.3 Å². The molecule has 3 heteroatoms. The molecule has 0 fully saturated rings. The molecular weight excluding hydrogens is 312 g/mol. The third-order valence-electron chi connectivity index (χ3n) is 4.86. The number of hydrogen-bond donors (Lipinski definition) is 1. The van der Waals surface area contributed by atoms with E-state index in [1.165, 1.54) is 6.07 Å². The van der Waals surface area contributed by atoms with Crippen molar-refractivity contribution in [1.82, 2.24) is 0 Å². The maximum absolute atomic E-state index is 12.6. The number of benzene rings is 2. The molecule has 0 amide bonds. The van der Waals surface area contributed by atoms with Gasteiger partial charge in [0.15, 0.2) is 0 Å². The minimum atomic E-state index is -1.18. The van der Waals surface area contributed by atoms with Crippen LogP contribution in [0.25, 0.3) is 11.1 Å². The molecule has 2 aromatic rings. The van der Waals surface area contributed by atoms with E-state index in [1.807, 2.05) is 48.6 Å². The van der Waals surface area contributed by atoms with E-state index in [0.717, 1.165) is 11.1 Å². The van der Waals surface area contributed by atoms with Crippen molar-refractivity contribution in [3.63, 3.8) is 0 Å². The lowest BCUT2D eigenvalue weighted by Crippen LogP contribution is -2.24. The van der Waals surface area contributed by atoms with Crippen LogP contribution in [-0.2, 0) is 6.42 Å². The van der Waals surface area contributed by atoms with Crippen LogP contribution in [0.4, 0.5) is 0 Å². The number of rotatable bonds is 4. The standard InChI is InChI=1S/C22H22O3/c1-22(2)11-7-6-10-17(22)12-15-13-18(16-8-4-3-5-9-16)20(23)19(14-15)21(24)25/h3-11,13-14,17,23H,12H2,1-2H3,(H,24,25)/p-1. The summed E-state index contributed by atoms with van der Waals surface area (Å²) < 4.78 is 0. The second kappa shape index (κ2) is 6.60. The van der Waals surface area contributed by atoms with Crippen LogP contribution < -0.4 is 5.11 Å². The predicted molar refractivity (Wildman–Crippen MR) is 97.5 cm³/mol. The zero-order chi connectivity index (χ0) is 18.0. The molecule has 0 spiro atoms. The predicted octanol–water partition coefficient (Wildman–Crippen LogP) is 4.44. The van der Waals surface area contributed by atoms with Crippen LogP contribution in [0.15, 0.2) is 66.8 Å². The molecule has 1 atom stereocenters. The Labute approximate surface area is 148 Å². The van der Waals surface area contributed by atoms with E-state index in [1.54, 1.807) is 0 Å². The van der Waals surface area contributed by atoms with E-state index in [0.29, 0.717) is 12.0 Å². The topological polar surface area (TPSA) is 60.4 Å². The van der Waals surface area contributed by atoms with E-state index >= 15 is 0 Å². The van der Waals surface area contributed by atoms with Gasteiger partial charge in [0.2, 0.25) is 0 Å². The molecule has 0 aliphatic heterocycles. The first kappa shape index (κ1) is 17.0. The molecule has 1 N–H and O–H groups in total. The first-order valence-electron chi connectivity index (χ1n) is 8.37. The lowest BCUT2D eigenvalue weighted by atomic mass is 9.73. The molecule has 128 valence electrons. The van der Waals surface area contributed by atoms with Crippen LogP contribution in [0.2, 0.25) is 0 Å².